The van der Waals surface area contributed by atoms with E-state index in [0.29, 0.717) is 18.3 Å². The molecule has 3 aliphatic carbocycles. The van der Waals surface area contributed by atoms with Crippen LogP contribution in [0.25, 0.3) is 0 Å². The van der Waals surface area contributed by atoms with E-state index in [0.717, 1.165) is 56.1 Å². The van der Waals surface area contributed by atoms with E-state index in [-0.39, 0.29) is 17.1 Å². The SMILES string of the molecule is C=C1CCC(=O)C=C1C=C[C@@]1(O)CCC[C@]2(C)[C@@H]([C@H](C)CCCC(C)(C)O)CC[C@H]21. The highest BCUT2D eigenvalue weighted by atomic mass is 16.3. The predicted molar refractivity (Wildman–Crippen MR) is 123 cm³/mol. The maximum absolute atomic E-state index is 11.8. The van der Waals surface area contributed by atoms with E-state index in [1.54, 1.807) is 6.08 Å². The van der Waals surface area contributed by atoms with Crippen molar-refractivity contribution in [3.05, 3.63) is 36.0 Å². The second kappa shape index (κ2) is 8.74. The summed E-state index contributed by atoms with van der Waals surface area (Å²) >= 11 is 0. The normalized spacial score (nSPS) is 36.1. The Kier molecular flexibility index (Phi) is 6.84. The lowest BCUT2D eigenvalue weighted by molar-refractivity contribution is -0.114. The van der Waals surface area contributed by atoms with Gasteiger partial charge in [-0.15, -0.1) is 0 Å². The van der Waals surface area contributed by atoms with Crippen molar-refractivity contribution < 1.29 is 15.0 Å². The number of aliphatic hydroxyl groups is 2. The molecule has 168 valence electrons. The summed E-state index contributed by atoms with van der Waals surface area (Å²) < 4.78 is 0. The summed E-state index contributed by atoms with van der Waals surface area (Å²) in [6, 6.07) is 0. The highest BCUT2D eigenvalue weighted by molar-refractivity contribution is 5.93. The Balaban J connectivity index is 1.72. The topological polar surface area (TPSA) is 57.5 Å². The minimum absolute atomic E-state index is 0.152. The van der Waals surface area contributed by atoms with Crippen molar-refractivity contribution in [2.45, 2.75) is 103 Å². The van der Waals surface area contributed by atoms with Gasteiger partial charge in [0.2, 0.25) is 0 Å². The number of carbonyl (C=O) groups is 1. The molecular formula is C27H42O3. The molecule has 3 aliphatic rings. The summed E-state index contributed by atoms with van der Waals surface area (Å²) in [7, 11) is 0. The maximum atomic E-state index is 11.8. The number of hydrogen-bond acceptors (Lipinski definition) is 3. The molecule has 2 N–H and O–H groups in total. The largest absolute Gasteiger partial charge is 0.390 e. The molecule has 0 aliphatic heterocycles. The molecule has 0 aromatic carbocycles. The Hall–Kier alpha value is -1.19. The minimum atomic E-state index is -0.795. The fourth-order valence-electron chi connectivity index (χ4n) is 6.73. The van der Waals surface area contributed by atoms with Crippen molar-refractivity contribution in [3.8, 4) is 0 Å². The fraction of sp³-hybridized carbons (Fsp3) is 0.741. The van der Waals surface area contributed by atoms with Crippen molar-refractivity contribution in [2.24, 2.45) is 23.2 Å². The summed E-state index contributed by atoms with van der Waals surface area (Å²) in [6.07, 6.45) is 15.2. The van der Waals surface area contributed by atoms with Crippen LogP contribution in [0.4, 0.5) is 0 Å². The molecule has 0 aromatic heterocycles. The summed E-state index contributed by atoms with van der Waals surface area (Å²) in [5, 5.41) is 21.7. The van der Waals surface area contributed by atoms with Crippen molar-refractivity contribution in [2.75, 3.05) is 0 Å². The molecule has 0 radical (unpaired) electrons. The van der Waals surface area contributed by atoms with E-state index < -0.39 is 11.2 Å². The summed E-state index contributed by atoms with van der Waals surface area (Å²) in [6.45, 7) is 12.7. The molecule has 3 heteroatoms. The molecule has 0 spiro atoms. The second-order valence-corrected chi connectivity index (χ2v) is 11.3. The highest BCUT2D eigenvalue weighted by Crippen LogP contribution is 2.61. The Labute approximate surface area is 183 Å². The van der Waals surface area contributed by atoms with Crippen LogP contribution in [-0.2, 0) is 4.79 Å². The van der Waals surface area contributed by atoms with Crippen LogP contribution in [0.3, 0.4) is 0 Å². The van der Waals surface area contributed by atoms with E-state index in [1.807, 2.05) is 26.0 Å². The zero-order chi connectivity index (χ0) is 22.2. The molecule has 3 nitrogen and oxygen atoms in total. The van der Waals surface area contributed by atoms with Crippen molar-refractivity contribution in [1.29, 1.82) is 0 Å². The average Bonchev–Trinajstić information content (AvgIpc) is 3.00. The van der Waals surface area contributed by atoms with Gasteiger partial charge in [0.05, 0.1) is 11.2 Å². The molecule has 5 atom stereocenters. The standard InChI is InChI=1S/C27H42O3/c1-19-9-10-22(28)18-21(19)13-17-27(30)16-7-15-26(5)23(11-12-24(26)27)20(2)8-6-14-25(3,4)29/h13,17-18,20,23-24,29-30H,1,6-12,14-16H2,2-5H3/t20-,23-,24-,26-,27+/m1/s1. The Bertz CT molecular complexity index is 725. The van der Waals surface area contributed by atoms with Crippen LogP contribution in [0.5, 0.6) is 0 Å². The van der Waals surface area contributed by atoms with Crippen LogP contribution in [0.2, 0.25) is 0 Å². The first kappa shape index (κ1) is 23.5. The molecule has 0 amide bonds. The first-order chi connectivity index (χ1) is 13.9. The zero-order valence-corrected chi connectivity index (χ0v) is 19.5. The molecule has 0 bridgehead atoms. The van der Waals surface area contributed by atoms with Gasteiger partial charge in [-0.05, 0) is 99.2 Å². The van der Waals surface area contributed by atoms with Gasteiger partial charge in [-0.2, -0.15) is 0 Å². The molecule has 2 saturated carbocycles. The third kappa shape index (κ3) is 4.99. The van der Waals surface area contributed by atoms with Crippen LogP contribution in [0.15, 0.2) is 36.0 Å². The number of ketones is 1. The molecule has 0 heterocycles. The lowest BCUT2D eigenvalue weighted by atomic mass is 9.57. The molecular weight excluding hydrogens is 372 g/mol. The van der Waals surface area contributed by atoms with Crippen molar-refractivity contribution in [1.82, 2.24) is 0 Å². The Morgan fingerprint density at radius 3 is 2.73 bits per heavy atom. The lowest BCUT2D eigenvalue weighted by Crippen LogP contribution is -2.49. The van der Waals surface area contributed by atoms with Gasteiger partial charge < -0.3 is 10.2 Å². The summed E-state index contributed by atoms with van der Waals surface area (Å²) in [4.78, 5) is 11.8. The zero-order valence-electron chi connectivity index (χ0n) is 19.5. The quantitative estimate of drug-likeness (QED) is 0.544. The number of hydrogen-bond donors (Lipinski definition) is 2. The third-order valence-electron chi connectivity index (χ3n) is 8.39. The number of carbonyl (C=O) groups excluding carboxylic acids is 1. The maximum Gasteiger partial charge on any atom is 0.156 e. The lowest BCUT2D eigenvalue weighted by Gasteiger charge is -2.50. The molecule has 2 fully saturated rings. The molecule has 0 unspecified atom stereocenters. The highest BCUT2D eigenvalue weighted by Gasteiger charge is 2.57. The molecule has 30 heavy (non-hydrogen) atoms. The van der Waals surface area contributed by atoms with Crippen LogP contribution in [0.1, 0.15) is 91.9 Å². The number of allylic oxidation sites excluding steroid dienone is 4. The molecule has 0 aromatic rings. The third-order valence-corrected chi connectivity index (χ3v) is 8.39. The van der Waals surface area contributed by atoms with Crippen molar-refractivity contribution >= 4 is 5.78 Å². The molecule has 3 rings (SSSR count). The average molecular weight is 415 g/mol. The van der Waals surface area contributed by atoms with Gasteiger partial charge in [-0.3, -0.25) is 4.79 Å². The van der Waals surface area contributed by atoms with E-state index in [2.05, 4.69) is 20.4 Å². The fourth-order valence-corrected chi connectivity index (χ4v) is 6.73. The van der Waals surface area contributed by atoms with E-state index >= 15 is 0 Å². The predicted octanol–water partition coefficient (Wildman–Crippen LogP) is 5.91. The smallest absolute Gasteiger partial charge is 0.156 e. The van der Waals surface area contributed by atoms with E-state index in [4.69, 9.17) is 0 Å². The van der Waals surface area contributed by atoms with Crippen LogP contribution in [0, 0.1) is 23.2 Å². The van der Waals surface area contributed by atoms with Crippen LogP contribution >= 0.6 is 0 Å². The van der Waals surface area contributed by atoms with Crippen LogP contribution in [-0.4, -0.2) is 27.2 Å². The monoisotopic (exact) mass is 414 g/mol. The first-order valence-corrected chi connectivity index (χ1v) is 12.0. The van der Waals surface area contributed by atoms with Gasteiger partial charge in [0.1, 0.15) is 0 Å². The van der Waals surface area contributed by atoms with Gasteiger partial charge in [0.15, 0.2) is 5.78 Å². The van der Waals surface area contributed by atoms with Gasteiger partial charge in [0, 0.05) is 6.42 Å². The summed E-state index contributed by atoms with van der Waals surface area (Å²) in [5.41, 5.74) is 0.658. The van der Waals surface area contributed by atoms with Gasteiger partial charge in [0.25, 0.3) is 0 Å². The molecule has 0 saturated heterocycles. The van der Waals surface area contributed by atoms with E-state index in [1.165, 1.54) is 12.8 Å². The van der Waals surface area contributed by atoms with E-state index in [9.17, 15) is 15.0 Å². The Morgan fingerprint density at radius 1 is 1.30 bits per heavy atom. The van der Waals surface area contributed by atoms with Gasteiger partial charge in [-0.1, -0.05) is 45.4 Å². The Morgan fingerprint density at radius 2 is 2.03 bits per heavy atom. The number of rotatable bonds is 7. The van der Waals surface area contributed by atoms with Gasteiger partial charge in [-0.25, -0.2) is 0 Å². The first-order valence-electron chi connectivity index (χ1n) is 12.0. The summed E-state index contributed by atoms with van der Waals surface area (Å²) in [5.74, 6) is 1.65. The number of fused-ring (bicyclic) bond motifs is 1. The second-order valence-electron chi connectivity index (χ2n) is 11.3. The van der Waals surface area contributed by atoms with Crippen molar-refractivity contribution in [3.63, 3.8) is 0 Å². The van der Waals surface area contributed by atoms with Crippen LogP contribution < -0.4 is 0 Å². The minimum Gasteiger partial charge on any atom is -0.390 e. The van der Waals surface area contributed by atoms with Gasteiger partial charge >= 0.3 is 0 Å².